The van der Waals surface area contributed by atoms with Crippen molar-refractivity contribution in [1.82, 2.24) is 9.80 Å². The van der Waals surface area contributed by atoms with Crippen LogP contribution in [0.25, 0.3) is 0 Å². The second-order valence-corrected chi connectivity index (χ2v) is 7.27. The van der Waals surface area contributed by atoms with Gasteiger partial charge in [0.2, 0.25) is 5.91 Å². The van der Waals surface area contributed by atoms with Gasteiger partial charge in [0.25, 0.3) is 11.8 Å². The first-order valence-electron chi connectivity index (χ1n) is 9.59. The van der Waals surface area contributed by atoms with Gasteiger partial charge in [-0.05, 0) is 42.5 Å². The number of rotatable bonds is 4. The molecule has 1 heterocycles. The Morgan fingerprint density at radius 3 is 2.03 bits per heavy atom. The Bertz CT molecular complexity index is 901. The fourth-order valence-corrected chi connectivity index (χ4v) is 3.25. The van der Waals surface area contributed by atoms with Crippen LogP contribution < -0.4 is 10.2 Å². The molecular formula is C22H26N4O3. The zero-order chi connectivity index (χ0) is 21.0. The molecule has 0 unspecified atom stereocenters. The third-order valence-corrected chi connectivity index (χ3v) is 5.03. The highest BCUT2D eigenvalue weighted by atomic mass is 16.2. The van der Waals surface area contributed by atoms with Gasteiger partial charge in [-0.1, -0.05) is 6.07 Å². The van der Waals surface area contributed by atoms with Gasteiger partial charge in [0.15, 0.2) is 0 Å². The maximum atomic E-state index is 12.8. The molecule has 7 heteroatoms. The quantitative estimate of drug-likeness (QED) is 0.864. The smallest absolute Gasteiger partial charge is 0.255 e. The molecule has 1 saturated heterocycles. The molecule has 2 aromatic carbocycles. The van der Waals surface area contributed by atoms with Crippen molar-refractivity contribution in [1.29, 1.82) is 0 Å². The summed E-state index contributed by atoms with van der Waals surface area (Å²) in [6, 6.07) is 14.3. The number of carbonyl (C=O) groups is 3. The number of nitrogens with one attached hydrogen (secondary N) is 1. The van der Waals surface area contributed by atoms with E-state index in [0.29, 0.717) is 43.0 Å². The van der Waals surface area contributed by atoms with Crippen LogP contribution in [0.5, 0.6) is 0 Å². The van der Waals surface area contributed by atoms with Gasteiger partial charge in [-0.3, -0.25) is 14.4 Å². The van der Waals surface area contributed by atoms with Gasteiger partial charge in [-0.25, -0.2) is 0 Å². The maximum absolute atomic E-state index is 12.8. The van der Waals surface area contributed by atoms with Gasteiger partial charge in [0.05, 0.1) is 0 Å². The van der Waals surface area contributed by atoms with Gasteiger partial charge in [-0.15, -0.1) is 0 Å². The fraction of sp³-hybridized carbons (Fsp3) is 0.318. The first kappa shape index (κ1) is 20.4. The predicted molar refractivity (Wildman–Crippen MR) is 113 cm³/mol. The minimum Gasteiger partial charge on any atom is -0.378 e. The van der Waals surface area contributed by atoms with Crippen molar-refractivity contribution in [3.8, 4) is 0 Å². The van der Waals surface area contributed by atoms with E-state index in [1.54, 1.807) is 34.1 Å². The molecule has 7 nitrogen and oxygen atoms in total. The van der Waals surface area contributed by atoms with Crippen molar-refractivity contribution in [3.05, 3.63) is 59.7 Å². The second kappa shape index (κ2) is 8.77. The highest BCUT2D eigenvalue weighted by Crippen LogP contribution is 2.17. The molecule has 3 amide bonds. The van der Waals surface area contributed by atoms with Crippen molar-refractivity contribution in [2.75, 3.05) is 50.5 Å². The maximum Gasteiger partial charge on any atom is 0.255 e. The monoisotopic (exact) mass is 394 g/mol. The van der Waals surface area contributed by atoms with E-state index >= 15 is 0 Å². The molecule has 1 aliphatic heterocycles. The minimum absolute atomic E-state index is 0.0226. The molecule has 0 saturated carbocycles. The van der Waals surface area contributed by atoms with Crippen LogP contribution in [0.4, 0.5) is 11.4 Å². The van der Waals surface area contributed by atoms with Crippen LogP contribution in [0, 0.1) is 0 Å². The van der Waals surface area contributed by atoms with E-state index in [1.807, 2.05) is 43.3 Å². The zero-order valence-corrected chi connectivity index (χ0v) is 17.0. The summed E-state index contributed by atoms with van der Waals surface area (Å²) in [4.78, 5) is 42.3. The molecule has 0 radical (unpaired) electrons. The van der Waals surface area contributed by atoms with Crippen LogP contribution in [0.1, 0.15) is 27.6 Å². The van der Waals surface area contributed by atoms with Crippen molar-refractivity contribution >= 4 is 29.1 Å². The lowest BCUT2D eigenvalue weighted by atomic mass is 10.1. The Kier molecular flexibility index (Phi) is 6.16. The van der Waals surface area contributed by atoms with Gasteiger partial charge in [-0.2, -0.15) is 0 Å². The zero-order valence-electron chi connectivity index (χ0n) is 17.0. The van der Waals surface area contributed by atoms with E-state index in [1.165, 1.54) is 6.92 Å². The summed E-state index contributed by atoms with van der Waals surface area (Å²) in [6.45, 7) is 3.59. The lowest BCUT2D eigenvalue weighted by molar-refractivity contribution is -0.130. The summed E-state index contributed by atoms with van der Waals surface area (Å²) in [5, 5.41) is 2.86. The normalized spacial score (nSPS) is 13.8. The van der Waals surface area contributed by atoms with Gasteiger partial charge in [0.1, 0.15) is 0 Å². The second-order valence-electron chi connectivity index (χ2n) is 7.27. The van der Waals surface area contributed by atoms with Crippen LogP contribution in [-0.4, -0.2) is 67.8 Å². The molecule has 2 aromatic rings. The lowest BCUT2D eigenvalue weighted by Crippen LogP contribution is -2.50. The first-order valence-corrected chi connectivity index (χ1v) is 9.59. The number of benzene rings is 2. The number of hydrogen-bond acceptors (Lipinski definition) is 4. The van der Waals surface area contributed by atoms with Gasteiger partial charge >= 0.3 is 0 Å². The lowest BCUT2D eigenvalue weighted by Gasteiger charge is -2.34. The predicted octanol–water partition coefficient (Wildman–Crippen LogP) is 2.31. The number of amides is 3. The Hall–Kier alpha value is -3.35. The standard InChI is InChI=1S/C22H26N4O3/c1-16(27)25-11-13-26(14-12-25)22(29)18-6-4-5-17(15-18)21(28)23-19-7-9-20(10-8-19)24(2)3/h4-10,15H,11-14H2,1-3H3,(H,23,28). The SMILES string of the molecule is CC(=O)N1CCN(C(=O)c2cccc(C(=O)Nc3ccc(N(C)C)cc3)c2)CC1. The first-order chi connectivity index (χ1) is 13.8. The molecule has 0 bridgehead atoms. The van der Waals surface area contributed by atoms with Crippen LogP contribution in [0.3, 0.4) is 0 Å². The Morgan fingerprint density at radius 2 is 1.45 bits per heavy atom. The Labute approximate surface area is 170 Å². The van der Waals surface area contributed by atoms with Gasteiger partial charge in [0, 0.05) is 69.7 Å². The van der Waals surface area contributed by atoms with E-state index in [0.717, 1.165) is 5.69 Å². The van der Waals surface area contributed by atoms with Crippen molar-refractivity contribution < 1.29 is 14.4 Å². The van der Waals surface area contributed by atoms with E-state index in [9.17, 15) is 14.4 Å². The van der Waals surface area contributed by atoms with Crippen molar-refractivity contribution in [2.45, 2.75) is 6.92 Å². The van der Waals surface area contributed by atoms with Crippen molar-refractivity contribution in [2.24, 2.45) is 0 Å². The molecule has 0 aromatic heterocycles. The number of piperazine rings is 1. The molecular weight excluding hydrogens is 368 g/mol. The molecule has 0 spiro atoms. The van der Waals surface area contributed by atoms with E-state index in [2.05, 4.69) is 5.32 Å². The van der Waals surface area contributed by atoms with Crippen LogP contribution >= 0.6 is 0 Å². The molecule has 0 aliphatic carbocycles. The van der Waals surface area contributed by atoms with Gasteiger partial charge < -0.3 is 20.0 Å². The molecule has 29 heavy (non-hydrogen) atoms. The minimum atomic E-state index is -0.265. The summed E-state index contributed by atoms with van der Waals surface area (Å²) >= 11 is 0. The summed E-state index contributed by atoms with van der Waals surface area (Å²) in [7, 11) is 3.91. The molecule has 1 fully saturated rings. The summed E-state index contributed by atoms with van der Waals surface area (Å²) in [5.41, 5.74) is 2.63. The highest BCUT2D eigenvalue weighted by Gasteiger charge is 2.23. The summed E-state index contributed by atoms with van der Waals surface area (Å²) in [6.07, 6.45) is 0. The Balaban J connectivity index is 1.66. The molecule has 3 rings (SSSR count). The highest BCUT2D eigenvalue weighted by molar-refractivity contribution is 6.06. The van der Waals surface area contributed by atoms with Crippen molar-refractivity contribution in [3.63, 3.8) is 0 Å². The molecule has 1 aliphatic rings. The third-order valence-electron chi connectivity index (χ3n) is 5.03. The van der Waals surface area contributed by atoms with Crippen LogP contribution in [0.2, 0.25) is 0 Å². The van der Waals surface area contributed by atoms with E-state index < -0.39 is 0 Å². The van der Waals surface area contributed by atoms with E-state index in [-0.39, 0.29) is 17.7 Å². The third kappa shape index (κ3) is 4.93. The fourth-order valence-electron chi connectivity index (χ4n) is 3.25. The number of anilines is 2. The summed E-state index contributed by atoms with van der Waals surface area (Å²) < 4.78 is 0. The average Bonchev–Trinajstić information content (AvgIpc) is 2.73. The van der Waals surface area contributed by atoms with Crippen LogP contribution in [0.15, 0.2) is 48.5 Å². The average molecular weight is 394 g/mol. The van der Waals surface area contributed by atoms with Crippen LogP contribution in [-0.2, 0) is 4.79 Å². The number of nitrogens with zero attached hydrogens (tertiary/aromatic N) is 3. The summed E-state index contributed by atoms with van der Waals surface area (Å²) in [5.74, 6) is -0.369. The number of carbonyl (C=O) groups excluding carboxylic acids is 3. The molecule has 152 valence electrons. The largest absolute Gasteiger partial charge is 0.378 e. The number of hydrogen-bond donors (Lipinski definition) is 1. The topological polar surface area (TPSA) is 73.0 Å². The van der Waals surface area contributed by atoms with E-state index in [4.69, 9.17) is 0 Å². The Morgan fingerprint density at radius 1 is 0.862 bits per heavy atom. The molecule has 0 atom stereocenters. The molecule has 1 N–H and O–H groups in total.